The Bertz CT molecular complexity index is 704. The van der Waals surface area contributed by atoms with Crippen LogP contribution >= 0.6 is 0 Å². The molecule has 0 bridgehead atoms. The first kappa shape index (κ1) is 13.3. The number of para-hydroxylation sites is 2. The number of carbonyl (C=O) groups is 1. The second-order valence-corrected chi connectivity index (χ2v) is 3.95. The van der Waals surface area contributed by atoms with Crippen molar-refractivity contribution < 1.29 is 26.7 Å². The molecular formula is C14H10CoN2O2. The van der Waals surface area contributed by atoms with Crippen LogP contribution in [0.25, 0.3) is 22.4 Å². The Hall–Kier alpha value is -2.11. The Morgan fingerprint density at radius 2 is 1.74 bits per heavy atom. The number of carboxylic acid groups (broad SMARTS) is 1. The first-order chi connectivity index (χ1) is 8.75. The predicted molar refractivity (Wildman–Crippen MR) is 68.5 cm³/mol. The van der Waals surface area contributed by atoms with E-state index in [4.69, 9.17) is 5.11 Å². The number of rotatable bonds is 2. The van der Waals surface area contributed by atoms with E-state index < -0.39 is 5.97 Å². The number of benzene rings is 2. The Morgan fingerprint density at radius 1 is 1.05 bits per heavy atom. The van der Waals surface area contributed by atoms with Crippen molar-refractivity contribution in [1.82, 2.24) is 9.97 Å². The van der Waals surface area contributed by atoms with Gasteiger partial charge in [-0.2, -0.15) is 0 Å². The van der Waals surface area contributed by atoms with E-state index in [0.29, 0.717) is 11.4 Å². The van der Waals surface area contributed by atoms with Gasteiger partial charge in [0.15, 0.2) is 0 Å². The number of H-pyrrole nitrogens is 1. The number of aromatic amines is 1. The number of hydrogen-bond acceptors (Lipinski definition) is 2. The normalized spacial score (nSPS) is 10.1. The maximum absolute atomic E-state index is 11.2. The smallest absolute Gasteiger partial charge is 0.336 e. The van der Waals surface area contributed by atoms with Gasteiger partial charge < -0.3 is 10.1 Å². The number of hydrogen-bond donors (Lipinski definition) is 2. The summed E-state index contributed by atoms with van der Waals surface area (Å²) in [5.74, 6) is -0.375. The Kier molecular flexibility index (Phi) is 3.68. The maximum Gasteiger partial charge on any atom is 0.336 e. The number of aromatic carboxylic acids is 1. The topological polar surface area (TPSA) is 66.0 Å². The van der Waals surface area contributed by atoms with Crippen LogP contribution in [-0.2, 0) is 16.8 Å². The molecule has 5 heteroatoms. The van der Waals surface area contributed by atoms with Crippen LogP contribution in [0, 0.1) is 0 Å². The minimum atomic E-state index is -0.953. The number of nitrogens with zero attached hydrogens (tertiary/aromatic N) is 1. The molecule has 0 amide bonds. The number of carboxylic acids is 1. The van der Waals surface area contributed by atoms with Crippen LogP contribution in [0.15, 0.2) is 48.5 Å². The zero-order valence-electron chi connectivity index (χ0n) is 9.75. The van der Waals surface area contributed by atoms with Crippen molar-refractivity contribution in [1.29, 1.82) is 0 Å². The fourth-order valence-corrected chi connectivity index (χ4v) is 1.96. The van der Waals surface area contributed by atoms with E-state index in [1.54, 1.807) is 24.3 Å². The van der Waals surface area contributed by atoms with Crippen LogP contribution < -0.4 is 0 Å². The van der Waals surface area contributed by atoms with Crippen LogP contribution in [0.4, 0.5) is 0 Å². The molecule has 1 heterocycles. The van der Waals surface area contributed by atoms with Gasteiger partial charge in [-0.05, 0) is 18.2 Å². The maximum atomic E-state index is 11.2. The van der Waals surface area contributed by atoms with Crippen molar-refractivity contribution in [3.8, 4) is 11.4 Å². The zero-order chi connectivity index (χ0) is 12.5. The van der Waals surface area contributed by atoms with Crippen molar-refractivity contribution in [2.45, 2.75) is 0 Å². The molecule has 1 aromatic heterocycles. The summed E-state index contributed by atoms with van der Waals surface area (Å²) in [7, 11) is 0. The molecule has 19 heavy (non-hydrogen) atoms. The minimum absolute atomic E-state index is 0. The molecule has 0 aliphatic carbocycles. The van der Waals surface area contributed by atoms with E-state index in [1.807, 2.05) is 24.3 Å². The molecule has 2 aromatic carbocycles. The van der Waals surface area contributed by atoms with Gasteiger partial charge in [-0.1, -0.05) is 30.3 Å². The number of aromatic nitrogens is 2. The monoisotopic (exact) mass is 297 g/mol. The summed E-state index contributed by atoms with van der Waals surface area (Å²) >= 11 is 0. The molecular weight excluding hydrogens is 287 g/mol. The van der Waals surface area contributed by atoms with Crippen molar-refractivity contribution in [3.05, 3.63) is 54.1 Å². The summed E-state index contributed by atoms with van der Waals surface area (Å²) in [6, 6.07) is 14.4. The molecule has 0 aliphatic heterocycles. The van der Waals surface area contributed by atoms with Gasteiger partial charge >= 0.3 is 5.97 Å². The summed E-state index contributed by atoms with van der Waals surface area (Å²) in [5.41, 5.74) is 2.57. The van der Waals surface area contributed by atoms with Gasteiger partial charge in [0.25, 0.3) is 0 Å². The molecule has 1 radical (unpaired) electrons. The van der Waals surface area contributed by atoms with Gasteiger partial charge in [0.1, 0.15) is 5.82 Å². The summed E-state index contributed by atoms with van der Waals surface area (Å²) in [6.07, 6.45) is 0. The average Bonchev–Trinajstić information content (AvgIpc) is 2.82. The molecule has 2 N–H and O–H groups in total. The van der Waals surface area contributed by atoms with Crippen molar-refractivity contribution in [2.75, 3.05) is 0 Å². The van der Waals surface area contributed by atoms with Gasteiger partial charge in [0.05, 0.1) is 16.6 Å². The molecule has 3 aromatic rings. The van der Waals surface area contributed by atoms with Crippen LogP contribution in [0.3, 0.4) is 0 Å². The van der Waals surface area contributed by atoms with Gasteiger partial charge in [0.2, 0.25) is 0 Å². The molecule has 0 saturated carbocycles. The molecule has 0 spiro atoms. The predicted octanol–water partition coefficient (Wildman–Crippen LogP) is 2.93. The van der Waals surface area contributed by atoms with Crippen molar-refractivity contribution in [3.63, 3.8) is 0 Å². The van der Waals surface area contributed by atoms with Gasteiger partial charge in [-0.3, -0.25) is 0 Å². The third kappa shape index (κ3) is 2.38. The molecule has 97 valence electrons. The average molecular weight is 297 g/mol. The third-order valence-electron chi connectivity index (χ3n) is 2.80. The number of nitrogens with one attached hydrogen (secondary N) is 1. The summed E-state index contributed by atoms with van der Waals surface area (Å²) < 4.78 is 0. The van der Waals surface area contributed by atoms with Crippen LogP contribution in [0.2, 0.25) is 0 Å². The molecule has 3 rings (SSSR count). The molecule has 0 aliphatic rings. The van der Waals surface area contributed by atoms with E-state index in [0.717, 1.165) is 11.0 Å². The zero-order valence-corrected chi connectivity index (χ0v) is 10.8. The first-order valence-corrected chi connectivity index (χ1v) is 5.53. The van der Waals surface area contributed by atoms with Gasteiger partial charge in [-0.25, -0.2) is 9.78 Å². The second-order valence-electron chi connectivity index (χ2n) is 3.95. The quantitative estimate of drug-likeness (QED) is 0.764. The van der Waals surface area contributed by atoms with Gasteiger partial charge in [0, 0.05) is 22.3 Å². The largest absolute Gasteiger partial charge is 0.478 e. The molecule has 0 atom stereocenters. The standard InChI is InChI=1S/C14H10N2O2.Co/c17-14(18)10-6-2-1-5-9(10)13-15-11-7-3-4-8-12(11)16-13;/h1-8H,(H,15,16)(H,17,18);. The Morgan fingerprint density at radius 3 is 2.47 bits per heavy atom. The number of fused-ring (bicyclic) bond motifs is 1. The fourth-order valence-electron chi connectivity index (χ4n) is 1.96. The minimum Gasteiger partial charge on any atom is -0.478 e. The Balaban J connectivity index is 0.00000133. The van der Waals surface area contributed by atoms with E-state index in [-0.39, 0.29) is 22.3 Å². The second kappa shape index (κ2) is 5.25. The van der Waals surface area contributed by atoms with Crippen molar-refractivity contribution in [2.24, 2.45) is 0 Å². The fraction of sp³-hybridized carbons (Fsp3) is 0. The molecule has 4 nitrogen and oxygen atoms in total. The van der Waals surface area contributed by atoms with E-state index in [1.165, 1.54) is 0 Å². The van der Waals surface area contributed by atoms with Crippen LogP contribution in [-0.4, -0.2) is 21.0 Å². The SMILES string of the molecule is O=C(O)c1ccccc1-c1nc2ccccc2[nH]1.[Co]. The molecule has 0 saturated heterocycles. The summed E-state index contributed by atoms with van der Waals surface area (Å²) in [5, 5.41) is 9.16. The van der Waals surface area contributed by atoms with E-state index in [9.17, 15) is 4.79 Å². The van der Waals surface area contributed by atoms with Crippen LogP contribution in [0.1, 0.15) is 10.4 Å². The number of imidazole rings is 1. The molecule has 0 unspecified atom stereocenters. The van der Waals surface area contributed by atoms with E-state index >= 15 is 0 Å². The summed E-state index contributed by atoms with van der Waals surface area (Å²) in [4.78, 5) is 18.7. The van der Waals surface area contributed by atoms with Crippen LogP contribution in [0.5, 0.6) is 0 Å². The van der Waals surface area contributed by atoms with Gasteiger partial charge in [-0.15, -0.1) is 0 Å². The van der Waals surface area contributed by atoms with E-state index in [2.05, 4.69) is 9.97 Å². The molecule has 0 fully saturated rings. The first-order valence-electron chi connectivity index (χ1n) is 5.53. The van der Waals surface area contributed by atoms with Crippen molar-refractivity contribution >= 4 is 17.0 Å². The summed E-state index contributed by atoms with van der Waals surface area (Å²) in [6.45, 7) is 0. The third-order valence-corrected chi connectivity index (χ3v) is 2.80. The Labute approximate surface area is 119 Å².